The second-order valence-electron chi connectivity index (χ2n) is 8.91. The number of nitrogens with zero attached hydrogens (tertiary/aromatic N) is 2. The van der Waals surface area contributed by atoms with Crippen molar-refractivity contribution in [2.24, 2.45) is 28.8 Å². The molecule has 0 radical (unpaired) electrons. The molecule has 0 spiro atoms. The van der Waals surface area contributed by atoms with Crippen LogP contribution in [0.2, 0.25) is 0 Å². The van der Waals surface area contributed by atoms with E-state index >= 15 is 0 Å². The topological polar surface area (TPSA) is 61.8 Å². The Hall–Kier alpha value is -2.17. The highest BCUT2D eigenvalue weighted by Gasteiger charge is 2.48. The molecule has 1 heterocycles. The molecule has 6 rings (SSSR count). The van der Waals surface area contributed by atoms with Crippen molar-refractivity contribution in [1.82, 2.24) is 10.3 Å². The maximum Gasteiger partial charge on any atom is 0.267 e. The van der Waals surface area contributed by atoms with E-state index < -0.39 is 0 Å². The number of carbonyl (C=O) groups excluding carboxylic acids is 2. The Morgan fingerprint density at radius 1 is 1.00 bits per heavy atom. The van der Waals surface area contributed by atoms with Gasteiger partial charge in [0, 0.05) is 18.9 Å². The molecule has 1 aromatic carbocycles. The summed E-state index contributed by atoms with van der Waals surface area (Å²) in [5.41, 5.74) is 1.54. The highest BCUT2D eigenvalue weighted by atomic mass is 16.2. The summed E-state index contributed by atoms with van der Waals surface area (Å²) in [6.07, 6.45) is 7.35. The number of nitrogens with one attached hydrogen (secondary N) is 1. The highest BCUT2D eigenvalue weighted by Crippen LogP contribution is 2.53. The third kappa shape index (κ3) is 3.28. The summed E-state index contributed by atoms with van der Waals surface area (Å²) in [7, 11) is 0. The molecule has 0 aromatic heterocycles. The van der Waals surface area contributed by atoms with Gasteiger partial charge < -0.3 is 5.32 Å². The van der Waals surface area contributed by atoms with E-state index in [2.05, 4.69) is 10.4 Å². The van der Waals surface area contributed by atoms with Gasteiger partial charge in [0.15, 0.2) is 0 Å². The van der Waals surface area contributed by atoms with Gasteiger partial charge in [-0.05, 0) is 61.3 Å². The van der Waals surface area contributed by atoms with E-state index in [-0.39, 0.29) is 11.8 Å². The molecule has 4 bridgehead atoms. The van der Waals surface area contributed by atoms with Crippen molar-refractivity contribution in [3.05, 3.63) is 35.9 Å². The summed E-state index contributed by atoms with van der Waals surface area (Å²) in [6.45, 7) is 0.425. The van der Waals surface area contributed by atoms with Crippen LogP contribution in [0.15, 0.2) is 35.4 Å². The van der Waals surface area contributed by atoms with E-state index in [0.29, 0.717) is 43.0 Å². The quantitative estimate of drug-likeness (QED) is 0.891. The number of hydrazone groups is 1. The molecule has 5 nitrogen and oxygen atoms in total. The van der Waals surface area contributed by atoms with Crippen LogP contribution in [0.1, 0.15) is 50.5 Å². The van der Waals surface area contributed by atoms with Gasteiger partial charge in [0.25, 0.3) is 5.91 Å². The summed E-state index contributed by atoms with van der Waals surface area (Å²) >= 11 is 0. The van der Waals surface area contributed by atoms with E-state index in [1.165, 1.54) is 37.1 Å². The molecule has 5 heteroatoms. The van der Waals surface area contributed by atoms with Gasteiger partial charge in [-0.2, -0.15) is 5.10 Å². The Balaban J connectivity index is 1.28. The van der Waals surface area contributed by atoms with Crippen LogP contribution >= 0.6 is 0 Å². The molecule has 4 fully saturated rings. The summed E-state index contributed by atoms with van der Waals surface area (Å²) < 4.78 is 0. The maximum atomic E-state index is 12.9. The predicted molar refractivity (Wildman–Crippen MR) is 103 cm³/mol. The third-order valence-corrected chi connectivity index (χ3v) is 7.07. The van der Waals surface area contributed by atoms with Gasteiger partial charge in [-0.3, -0.25) is 9.59 Å². The lowest BCUT2D eigenvalue weighted by molar-refractivity contribution is -0.132. The lowest BCUT2D eigenvalue weighted by atomic mass is 9.54. The monoisotopic (exact) mass is 365 g/mol. The Bertz CT molecular complexity index is 745. The molecule has 4 saturated carbocycles. The zero-order valence-electron chi connectivity index (χ0n) is 15.6. The minimum absolute atomic E-state index is 0.00923. The minimum Gasteiger partial charge on any atom is -0.348 e. The summed E-state index contributed by atoms with van der Waals surface area (Å²) in [5, 5.41) is 9.22. The molecule has 1 aromatic rings. The zero-order chi connectivity index (χ0) is 18.4. The van der Waals surface area contributed by atoms with Gasteiger partial charge in [0.1, 0.15) is 5.71 Å². The molecule has 5 aliphatic rings. The van der Waals surface area contributed by atoms with E-state index in [9.17, 15) is 9.59 Å². The molecule has 0 atom stereocenters. The van der Waals surface area contributed by atoms with E-state index in [1.54, 1.807) is 0 Å². The van der Waals surface area contributed by atoms with Crippen LogP contribution in [-0.2, 0) is 16.1 Å². The van der Waals surface area contributed by atoms with E-state index in [4.69, 9.17) is 0 Å². The molecular formula is C22H27N3O2. The van der Waals surface area contributed by atoms with Gasteiger partial charge in [-0.15, -0.1) is 0 Å². The molecule has 142 valence electrons. The van der Waals surface area contributed by atoms with Crippen LogP contribution in [0.5, 0.6) is 0 Å². The van der Waals surface area contributed by atoms with Crippen LogP contribution in [0.25, 0.3) is 0 Å². The molecule has 27 heavy (non-hydrogen) atoms. The van der Waals surface area contributed by atoms with Gasteiger partial charge in [0.2, 0.25) is 5.91 Å². The van der Waals surface area contributed by atoms with Crippen molar-refractivity contribution in [3.63, 3.8) is 0 Å². The summed E-state index contributed by atoms with van der Waals surface area (Å²) in [6, 6.07) is 10.1. The summed E-state index contributed by atoms with van der Waals surface area (Å²) in [5.74, 6) is 3.02. The lowest BCUT2D eigenvalue weighted by Gasteiger charge is -2.54. The SMILES string of the molecule is O=C(NC1C2CC3CC(C2)CC1C3)C1=NN(Cc2ccccc2)C(=O)CC1. The number of carbonyl (C=O) groups is 2. The number of amides is 2. The Morgan fingerprint density at radius 3 is 2.33 bits per heavy atom. The van der Waals surface area contributed by atoms with Crippen molar-refractivity contribution < 1.29 is 9.59 Å². The fourth-order valence-corrected chi connectivity index (χ4v) is 6.04. The molecular weight excluding hydrogens is 338 g/mol. The average molecular weight is 365 g/mol. The molecule has 0 unspecified atom stereocenters. The minimum atomic E-state index is -0.0574. The molecule has 2 amide bonds. The van der Waals surface area contributed by atoms with Crippen molar-refractivity contribution >= 4 is 17.5 Å². The highest BCUT2D eigenvalue weighted by molar-refractivity contribution is 6.39. The number of hydrogen-bond donors (Lipinski definition) is 1. The second-order valence-corrected chi connectivity index (χ2v) is 8.91. The number of hydrogen-bond acceptors (Lipinski definition) is 3. The Kier molecular flexibility index (Phi) is 4.25. The lowest BCUT2D eigenvalue weighted by Crippen LogP contribution is -2.57. The van der Waals surface area contributed by atoms with Gasteiger partial charge in [-0.1, -0.05) is 30.3 Å². The van der Waals surface area contributed by atoms with Crippen LogP contribution in [0.3, 0.4) is 0 Å². The molecule has 1 N–H and O–H groups in total. The first-order valence-corrected chi connectivity index (χ1v) is 10.4. The first kappa shape index (κ1) is 17.0. The number of rotatable bonds is 4. The van der Waals surface area contributed by atoms with Gasteiger partial charge in [0.05, 0.1) is 6.54 Å². The van der Waals surface area contributed by atoms with Crippen molar-refractivity contribution in [3.8, 4) is 0 Å². The zero-order valence-corrected chi connectivity index (χ0v) is 15.6. The van der Waals surface area contributed by atoms with Gasteiger partial charge in [-0.25, -0.2) is 5.01 Å². The van der Waals surface area contributed by atoms with Crippen LogP contribution in [-0.4, -0.2) is 28.6 Å². The standard InChI is InChI=1S/C22H27N3O2/c26-20-7-6-19(24-25(20)13-14-4-2-1-3-5-14)22(27)23-21-17-9-15-8-16(11-17)12-18(21)10-15/h1-5,15-18,21H,6-13H2,(H,23,27). The molecule has 4 aliphatic carbocycles. The average Bonchev–Trinajstić information content (AvgIpc) is 2.66. The van der Waals surface area contributed by atoms with E-state index in [1.807, 2.05) is 30.3 Å². The second kappa shape index (κ2) is 6.77. The first-order chi connectivity index (χ1) is 13.2. The van der Waals surface area contributed by atoms with Crippen molar-refractivity contribution in [2.45, 2.75) is 57.5 Å². The third-order valence-electron chi connectivity index (χ3n) is 7.07. The largest absolute Gasteiger partial charge is 0.348 e. The Morgan fingerprint density at radius 2 is 1.67 bits per heavy atom. The van der Waals surface area contributed by atoms with E-state index in [0.717, 1.165) is 17.4 Å². The van der Waals surface area contributed by atoms with Crippen LogP contribution in [0, 0.1) is 23.7 Å². The normalized spacial score (nSPS) is 34.5. The predicted octanol–water partition coefficient (Wildman–Crippen LogP) is 3.11. The van der Waals surface area contributed by atoms with Crippen LogP contribution in [0.4, 0.5) is 0 Å². The van der Waals surface area contributed by atoms with Crippen LogP contribution < -0.4 is 5.32 Å². The maximum absolute atomic E-state index is 12.9. The van der Waals surface area contributed by atoms with Crippen molar-refractivity contribution in [2.75, 3.05) is 0 Å². The molecule has 1 aliphatic heterocycles. The fraction of sp³-hybridized carbons (Fsp3) is 0.591. The van der Waals surface area contributed by atoms with Gasteiger partial charge >= 0.3 is 0 Å². The molecule has 0 saturated heterocycles. The first-order valence-electron chi connectivity index (χ1n) is 10.4. The number of benzene rings is 1. The smallest absolute Gasteiger partial charge is 0.267 e. The summed E-state index contributed by atoms with van der Waals surface area (Å²) in [4.78, 5) is 25.2. The fourth-order valence-electron chi connectivity index (χ4n) is 6.04. The Labute approximate surface area is 160 Å². The van der Waals surface area contributed by atoms with Crippen molar-refractivity contribution in [1.29, 1.82) is 0 Å².